The van der Waals surface area contributed by atoms with Crippen molar-refractivity contribution in [2.45, 2.75) is 45.4 Å². The van der Waals surface area contributed by atoms with E-state index < -0.39 is 6.10 Å². The van der Waals surface area contributed by atoms with E-state index in [1.807, 2.05) is 12.1 Å². The molecule has 3 rings (SSSR count). The second kappa shape index (κ2) is 11.8. The van der Waals surface area contributed by atoms with Gasteiger partial charge in [0.2, 0.25) is 0 Å². The molecule has 0 saturated carbocycles. The molecule has 1 heterocycles. The van der Waals surface area contributed by atoms with Crippen LogP contribution in [0.25, 0.3) is 0 Å². The summed E-state index contributed by atoms with van der Waals surface area (Å²) in [6.45, 7) is 8.36. The maximum absolute atomic E-state index is 12.4. The largest absolute Gasteiger partial charge is 0.494 e. The number of hydrogen-bond donors (Lipinski definition) is 3. The van der Waals surface area contributed by atoms with Gasteiger partial charge in [-0.3, -0.25) is 9.69 Å². The van der Waals surface area contributed by atoms with E-state index in [0.29, 0.717) is 24.8 Å². The summed E-state index contributed by atoms with van der Waals surface area (Å²) in [5, 5.41) is 16.6. The van der Waals surface area contributed by atoms with Gasteiger partial charge in [0.05, 0.1) is 12.7 Å². The van der Waals surface area contributed by atoms with E-state index in [9.17, 15) is 9.90 Å². The molecule has 0 spiro atoms. The Morgan fingerprint density at radius 3 is 2.61 bits per heavy atom. The number of nitrogens with one attached hydrogen (secondary N) is 2. The number of ether oxygens (including phenoxy) is 1. The summed E-state index contributed by atoms with van der Waals surface area (Å²) in [5.41, 5.74) is 3.28. The van der Waals surface area contributed by atoms with E-state index in [1.54, 1.807) is 12.1 Å². The lowest BCUT2D eigenvalue weighted by molar-refractivity contribution is 0.0842. The van der Waals surface area contributed by atoms with Crippen LogP contribution in [-0.2, 0) is 13.0 Å². The van der Waals surface area contributed by atoms with E-state index in [4.69, 9.17) is 4.74 Å². The number of aliphatic hydroxyl groups is 1. The molecule has 168 valence electrons. The zero-order valence-electron chi connectivity index (χ0n) is 18.6. The van der Waals surface area contributed by atoms with Crippen molar-refractivity contribution in [2.24, 2.45) is 0 Å². The van der Waals surface area contributed by atoms with E-state index in [-0.39, 0.29) is 12.5 Å². The molecule has 0 radical (unpaired) electrons. The van der Waals surface area contributed by atoms with Gasteiger partial charge in [0.15, 0.2) is 0 Å². The Labute approximate surface area is 185 Å². The van der Waals surface area contributed by atoms with E-state index in [2.05, 4.69) is 53.6 Å². The van der Waals surface area contributed by atoms with Gasteiger partial charge in [-0.25, -0.2) is 0 Å². The molecule has 1 atom stereocenters. The smallest absolute Gasteiger partial charge is 0.251 e. The van der Waals surface area contributed by atoms with Crippen LogP contribution in [0.3, 0.4) is 0 Å². The van der Waals surface area contributed by atoms with Crippen molar-refractivity contribution in [3.8, 4) is 5.75 Å². The standard InChI is InChI=1S/C25H35N3O3/c1-19(2)26-13-5-15-31-24-10-8-21(9-11-24)25(30)27-16-23(29)18-28-14-12-20-6-3-4-7-22(20)17-28/h3-4,6-11,19,23,26,29H,5,12-18H2,1-2H3,(H,27,30)/t23-/m0/s1. The highest BCUT2D eigenvalue weighted by Gasteiger charge is 2.19. The van der Waals surface area contributed by atoms with E-state index >= 15 is 0 Å². The van der Waals surface area contributed by atoms with Gasteiger partial charge < -0.3 is 20.5 Å². The molecule has 2 aromatic rings. The third-order valence-corrected chi connectivity index (χ3v) is 5.44. The molecule has 1 aliphatic heterocycles. The molecule has 0 unspecified atom stereocenters. The minimum Gasteiger partial charge on any atom is -0.494 e. The summed E-state index contributed by atoms with van der Waals surface area (Å²) in [6.07, 6.45) is 1.33. The van der Waals surface area contributed by atoms with Crippen LogP contribution in [-0.4, -0.2) is 60.8 Å². The van der Waals surface area contributed by atoms with Gasteiger partial charge in [0.1, 0.15) is 5.75 Å². The van der Waals surface area contributed by atoms with Crippen LogP contribution >= 0.6 is 0 Å². The first-order valence-corrected chi connectivity index (χ1v) is 11.2. The average molecular weight is 426 g/mol. The third kappa shape index (κ3) is 7.65. The lowest BCUT2D eigenvalue weighted by Gasteiger charge is -2.30. The minimum absolute atomic E-state index is 0.185. The Kier molecular flexibility index (Phi) is 8.88. The summed E-state index contributed by atoms with van der Waals surface area (Å²) in [5.74, 6) is 0.572. The fourth-order valence-electron chi connectivity index (χ4n) is 3.74. The van der Waals surface area contributed by atoms with Crippen LogP contribution in [0.1, 0.15) is 41.8 Å². The van der Waals surface area contributed by atoms with Gasteiger partial charge in [-0.1, -0.05) is 38.1 Å². The monoisotopic (exact) mass is 425 g/mol. The molecule has 1 amide bonds. The molecule has 0 aromatic heterocycles. The zero-order chi connectivity index (χ0) is 22.1. The molecule has 0 bridgehead atoms. The van der Waals surface area contributed by atoms with Gasteiger partial charge in [0.25, 0.3) is 5.91 Å². The topological polar surface area (TPSA) is 73.8 Å². The summed E-state index contributed by atoms with van der Waals surface area (Å²) >= 11 is 0. The fourth-order valence-corrected chi connectivity index (χ4v) is 3.74. The molecule has 0 saturated heterocycles. The first-order valence-electron chi connectivity index (χ1n) is 11.2. The lowest BCUT2D eigenvalue weighted by Crippen LogP contribution is -2.42. The van der Waals surface area contributed by atoms with Crippen molar-refractivity contribution in [2.75, 3.05) is 32.8 Å². The van der Waals surface area contributed by atoms with Crippen LogP contribution < -0.4 is 15.4 Å². The number of rotatable bonds is 11. The molecule has 0 aliphatic carbocycles. The Hall–Kier alpha value is -2.41. The SMILES string of the molecule is CC(C)NCCCOc1ccc(C(=O)NC[C@H](O)CN2CCc3ccccc3C2)cc1. The highest BCUT2D eigenvalue weighted by molar-refractivity contribution is 5.94. The summed E-state index contributed by atoms with van der Waals surface area (Å²) in [4.78, 5) is 14.6. The molecule has 2 aromatic carbocycles. The molecule has 1 aliphatic rings. The number of benzene rings is 2. The number of nitrogens with zero attached hydrogens (tertiary/aromatic N) is 1. The molecule has 6 nitrogen and oxygen atoms in total. The normalized spacial score (nSPS) is 14.8. The second-order valence-corrected chi connectivity index (χ2v) is 8.45. The Morgan fingerprint density at radius 2 is 1.87 bits per heavy atom. The van der Waals surface area contributed by atoms with Crippen molar-refractivity contribution in [1.82, 2.24) is 15.5 Å². The second-order valence-electron chi connectivity index (χ2n) is 8.45. The summed E-state index contributed by atoms with van der Waals surface area (Å²) < 4.78 is 5.71. The first-order chi connectivity index (χ1) is 15.0. The Morgan fingerprint density at radius 1 is 1.13 bits per heavy atom. The Balaban J connectivity index is 1.36. The van der Waals surface area contributed by atoms with Gasteiger partial charge in [-0.2, -0.15) is 0 Å². The van der Waals surface area contributed by atoms with Gasteiger partial charge in [-0.05, 0) is 54.8 Å². The predicted octanol–water partition coefficient (Wildman–Crippen LogP) is 2.60. The molecule has 31 heavy (non-hydrogen) atoms. The van der Waals surface area contributed by atoms with Crippen LogP contribution in [0.2, 0.25) is 0 Å². The van der Waals surface area contributed by atoms with Gasteiger partial charge in [0, 0.05) is 37.8 Å². The number of β-amino-alcohol motifs (C(OH)–C–C–N with tert-alkyl or cyclic N) is 1. The highest BCUT2D eigenvalue weighted by atomic mass is 16.5. The molecule has 6 heteroatoms. The van der Waals surface area contributed by atoms with Crippen molar-refractivity contribution in [3.05, 3.63) is 65.2 Å². The van der Waals surface area contributed by atoms with Crippen molar-refractivity contribution in [3.63, 3.8) is 0 Å². The number of fused-ring (bicyclic) bond motifs is 1. The van der Waals surface area contributed by atoms with Crippen molar-refractivity contribution in [1.29, 1.82) is 0 Å². The minimum atomic E-state index is -0.601. The molecular weight excluding hydrogens is 390 g/mol. The third-order valence-electron chi connectivity index (χ3n) is 5.44. The number of hydrogen-bond acceptors (Lipinski definition) is 5. The molecule has 0 fully saturated rings. The van der Waals surface area contributed by atoms with Crippen molar-refractivity contribution >= 4 is 5.91 Å². The van der Waals surface area contributed by atoms with Gasteiger partial charge in [-0.15, -0.1) is 0 Å². The average Bonchev–Trinajstić information content (AvgIpc) is 2.77. The first kappa shape index (κ1) is 23.3. The van der Waals surface area contributed by atoms with Gasteiger partial charge >= 0.3 is 0 Å². The molecular formula is C25H35N3O3. The predicted molar refractivity (Wildman–Crippen MR) is 123 cm³/mol. The van der Waals surface area contributed by atoms with Crippen LogP contribution in [0.5, 0.6) is 5.75 Å². The molecule has 3 N–H and O–H groups in total. The number of aliphatic hydroxyl groups excluding tert-OH is 1. The Bertz CT molecular complexity index is 823. The highest BCUT2D eigenvalue weighted by Crippen LogP contribution is 2.18. The maximum Gasteiger partial charge on any atom is 0.251 e. The quantitative estimate of drug-likeness (QED) is 0.483. The lowest BCUT2D eigenvalue weighted by atomic mass is 10.00. The number of amides is 1. The van der Waals surface area contributed by atoms with E-state index in [1.165, 1.54) is 11.1 Å². The summed E-state index contributed by atoms with van der Waals surface area (Å²) in [7, 11) is 0. The zero-order valence-corrected chi connectivity index (χ0v) is 18.6. The van der Waals surface area contributed by atoms with Crippen LogP contribution in [0, 0.1) is 0 Å². The summed E-state index contributed by atoms with van der Waals surface area (Å²) in [6, 6.07) is 16.1. The fraction of sp³-hybridized carbons (Fsp3) is 0.480. The number of carbonyl (C=O) groups is 1. The van der Waals surface area contributed by atoms with Crippen LogP contribution in [0.15, 0.2) is 48.5 Å². The number of carbonyl (C=O) groups excluding carboxylic acids is 1. The van der Waals surface area contributed by atoms with E-state index in [0.717, 1.165) is 38.2 Å². The van der Waals surface area contributed by atoms with Crippen molar-refractivity contribution < 1.29 is 14.6 Å². The maximum atomic E-state index is 12.4. The van der Waals surface area contributed by atoms with Crippen LogP contribution in [0.4, 0.5) is 0 Å².